The lowest BCUT2D eigenvalue weighted by Crippen LogP contribution is -2.22. The summed E-state index contributed by atoms with van der Waals surface area (Å²) in [6, 6.07) is 8.89. The Hall–Kier alpha value is -1.68. The van der Waals surface area contributed by atoms with Crippen LogP contribution >= 0.6 is 0 Å². The van der Waals surface area contributed by atoms with E-state index in [1.807, 2.05) is 0 Å². The van der Waals surface area contributed by atoms with Crippen molar-refractivity contribution in [2.24, 2.45) is 0 Å². The highest BCUT2D eigenvalue weighted by atomic mass is 15.3. The number of nitrogens with one attached hydrogen (secondary N) is 1. The molecule has 2 rings (SSSR count). The Bertz CT molecular complexity index is 572. The van der Waals surface area contributed by atoms with Gasteiger partial charge in [0, 0.05) is 18.3 Å². The van der Waals surface area contributed by atoms with Crippen molar-refractivity contribution in [2.45, 2.75) is 59.7 Å². The van der Waals surface area contributed by atoms with Crippen LogP contribution in [0.2, 0.25) is 0 Å². The molecule has 0 fully saturated rings. The molecular formula is C17H26N4. The number of hydrogen-bond donors (Lipinski definition) is 1. The average molecular weight is 286 g/mol. The Morgan fingerprint density at radius 3 is 2.52 bits per heavy atom. The minimum atomic E-state index is 0.473. The van der Waals surface area contributed by atoms with Gasteiger partial charge in [-0.2, -0.15) is 5.10 Å². The summed E-state index contributed by atoms with van der Waals surface area (Å²) in [5, 5.41) is 8.06. The fourth-order valence-electron chi connectivity index (χ4n) is 2.29. The summed E-state index contributed by atoms with van der Waals surface area (Å²) < 4.78 is 2.08. The van der Waals surface area contributed by atoms with E-state index in [1.165, 1.54) is 5.69 Å². The highest BCUT2D eigenvalue weighted by Crippen LogP contribution is 2.09. The zero-order valence-corrected chi connectivity index (χ0v) is 13.6. The van der Waals surface area contributed by atoms with Gasteiger partial charge in [0.15, 0.2) is 0 Å². The van der Waals surface area contributed by atoms with Crippen molar-refractivity contribution in [3.8, 4) is 0 Å². The molecule has 0 spiro atoms. The molecule has 0 aliphatic heterocycles. The fourth-order valence-corrected chi connectivity index (χ4v) is 2.29. The summed E-state index contributed by atoms with van der Waals surface area (Å²) in [4.78, 5) is 4.73. The van der Waals surface area contributed by atoms with E-state index in [0.717, 1.165) is 43.0 Å². The van der Waals surface area contributed by atoms with Gasteiger partial charge < -0.3 is 5.32 Å². The SMILES string of the molecule is CCc1cc(CC)n(Cc2cccc(CNC(C)C)n2)n1. The Kier molecular flexibility index (Phi) is 5.51. The zero-order valence-electron chi connectivity index (χ0n) is 13.6. The average Bonchev–Trinajstić information content (AvgIpc) is 2.87. The van der Waals surface area contributed by atoms with Gasteiger partial charge in [0.25, 0.3) is 0 Å². The smallest absolute Gasteiger partial charge is 0.0834 e. The second-order valence-electron chi connectivity index (χ2n) is 5.65. The lowest BCUT2D eigenvalue weighted by molar-refractivity contribution is 0.576. The van der Waals surface area contributed by atoms with Crippen LogP contribution < -0.4 is 5.32 Å². The van der Waals surface area contributed by atoms with Gasteiger partial charge in [-0.3, -0.25) is 9.67 Å². The minimum Gasteiger partial charge on any atom is -0.309 e. The van der Waals surface area contributed by atoms with E-state index >= 15 is 0 Å². The maximum absolute atomic E-state index is 4.73. The topological polar surface area (TPSA) is 42.7 Å². The van der Waals surface area contributed by atoms with Gasteiger partial charge in [-0.05, 0) is 31.0 Å². The number of rotatable bonds is 7. The van der Waals surface area contributed by atoms with Crippen LogP contribution in [0.4, 0.5) is 0 Å². The molecular weight excluding hydrogens is 260 g/mol. The molecule has 4 heteroatoms. The van der Waals surface area contributed by atoms with E-state index in [9.17, 15) is 0 Å². The third-order valence-electron chi connectivity index (χ3n) is 3.51. The molecule has 0 radical (unpaired) electrons. The van der Waals surface area contributed by atoms with E-state index in [0.29, 0.717) is 6.04 Å². The second kappa shape index (κ2) is 7.36. The second-order valence-corrected chi connectivity index (χ2v) is 5.65. The van der Waals surface area contributed by atoms with Crippen LogP contribution in [0.1, 0.15) is 50.5 Å². The van der Waals surface area contributed by atoms with Gasteiger partial charge in [0.1, 0.15) is 0 Å². The molecule has 0 aliphatic rings. The van der Waals surface area contributed by atoms with Crippen LogP contribution in [-0.2, 0) is 25.9 Å². The number of aryl methyl sites for hydroxylation is 2. The van der Waals surface area contributed by atoms with Crippen molar-refractivity contribution in [1.82, 2.24) is 20.1 Å². The van der Waals surface area contributed by atoms with Crippen molar-refractivity contribution >= 4 is 0 Å². The van der Waals surface area contributed by atoms with Crippen molar-refractivity contribution in [3.05, 3.63) is 47.0 Å². The van der Waals surface area contributed by atoms with Crippen molar-refractivity contribution in [1.29, 1.82) is 0 Å². The van der Waals surface area contributed by atoms with Crippen LogP contribution in [0.15, 0.2) is 24.3 Å². The molecule has 2 aromatic heterocycles. The van der Waals surface area contributed by atoms with Crippen molar-refractivity contribution in [3.63, 3.8) is 0 Å². The summed E-state index contributed by atoms with van der Waals surface area (Å²) in [5.41, 5.74) is 4.59. The van der Waals surface area contributed by atoms with Crippen LogP contribution in [0.3, 0.4) is 0 Å². The van der Waals surface area contributed by atoms with E-state index < -0.39 is 0 Å². The molecule has 4 nitrogen and oxygen atoms in total. The summed E-state index contributed by atoms with van der Waals surface area (Å²) in [5.74, 6) is 0. The Labute approximate surface area is 127 Å². The maximum atomic E-state index is 4.73. The number of pyridine rings is 1. The summed E-state index contributed by atoms with van der Waals surface area (Å²) >= 11 is 0. The number of aromatic nitrogens is 3. The van der Waals surface area contributed by atoms with Crippen molar-refractivity contribution < 1.29 is 0 Å². The molecule has 0 amide bonds. The van der Waals surface area contributed by atoms with Gasteiger partial charge in [0.2, 0.25) is 0 Å². The van der Waals surface area contributed by atoms with Gasteiger partial charge in [0.05, 0.1) is 23.6 Å². The van der Waals surface area contributed by atoms with E-state index in [2.05, 4.69) is 67.1 Å². The first-order valence-electron chi connectivity index (χ1n) is 7.86. The predicted octanol–water partition coefficient (Wildman–Crippen LogP) is 2.95. The highest BCUT2D eigenvalue weighted by molar-refractivity contribution is 5.15. The van der Waals surface area contributed by atoms with Gasteiger partial charge >= 0.3 is 0 Å². The maximum Gasteiger partial charge on any atom is 0.0834 e. The molecule has 114 valence electrons. The van der Waals surface area contributed by atoms with Gasteiger partial charge in [-0.1, -0.05) is 33.8 Å². The van der Waals surface area contributed by atoms with E-state index in [1.54, 1.807) is 0 Å². The molecule has 0 unspecified atom stereocenters. The summed E-state index contributed by atoms with van der Waals surface area (Å²) in [6.07, 6.45) is 1.98. The quantitative estimate of drug-likeness (QED) is 0.851. The van der Waals surface area contributed by atoms with E-state index in [4.69, 9.17) is 4.98 Å². The van der Waals surface area contributed by atoms with Gasteiger partial charge in [-0.25, -0.2) is 0 Å². The molecule has 0 aliphatic carbocycles. The third kappa shape index (κ3) is 4.39. The minimum absolute atomic E-state index is 0.473. The first-order chi connectivity index (χ1) is 10.1. The molecule has 2 heterocycles. The monoisotopic (exact) mass is 286 g/mol. The largest absolute Gasteiger partial charge is 0.309 e. The highest BCUT2D eigenvalue weighted by Gasteiger charge is 2.07. The first kappa shape index (κ1) is 15.7. The Morgan fingerprint density at radius 2 is 1.86 bits per heavy atom. The number of nitrogens with zero attached hydrogens (tertiary/aromatic N) is 3. The van der Waals surface area contributed by atoms with E-state index in [-0.39, 0.29) is 0 Å². The molecule has 21 heavy (non-hydrogen) atoms. The van der Waals surface area contributed by atoms with Gasteiger partial charge in [-0.15, -0.1) is 0 Å². The summed E-state index contributed by atoms with van der Waals surface area (Å²) in [6.45, 7) is 10.2. The molecule has 0 aromatic carbocycles. The number of hydrogen-bond acceptors (Lipinski definition) is 3. The van der Waals surface area contributed by atoms with Crippen LogP contribution in [-0.4, -0.2) is 20.8 Å². The Balaban J connectivity index is 2.12. The standard InChI is InChI=1S/C17H26N4/c1-5-14-10-17(6-2)21(20-14)12-16-9-7-8-15(19-16)11-18-13(3)4/h7-10,13,18H,5-6,11-12H2,1-4H3. The van der Waals surface area contributed by atoms with Crippen molar-refractivity contribution in [2.75, 3.05) is 0 Å². The first-order valence-corrected chi connectivity index (χ1v) is 7.86. The van der Waals surface area contributed by atoms with Crippen LogP contribution in [0.5, 0.6) is 0 Å². The lowest BCUT2D eigenvalue weighted by Gasteiger charge is -2.10. The fraction of sp³-hybridized carbons (Fsp3) is 0.529. The Morgan fingerprint density at radius 1 is 1.10 bits per heavy atom. The molecule has 0 saturated carbocycles. The van der Waals surface area contributed by atoms with Crippen LogP contribution in [0, 0.1) is 0 Å². The summed E-state index contributed by atoms with van der Waals surface area (Å²) in [7, 11) is 0. The third-order valence-corrected chi connectivity index (χ3v) is 3.51. The molecule has 0 saturated heterocycles. The predicted molar refractivity (Wildman–Crippen MR) is 86.3 cm³/mol. The molecule has 2 aromatic rings. The molecule has 0 atom stereocenters. The van der Waals surface area contributed by atoms with Crippen LogP contribution in [0.25, 0.3) is 0 Å². The normalized spacial score (nSPS) is 11.3. The lowest BCUT2D eigenvalue weighted by atomic mass is 10.2. The molecule has 0 bridgehead atoms. The molecule has 1 N–H and O–H groups in total. The zero-order chi connectivity index (χ0) is 15.2.